The van der Waals surface area contributed by atoms with E-state index in [1.807, 2.05) is 54.6 Å². The first-order valence-electron chi connectivity index (χ1n) is 9.74. The number of para-hydroxylation sites is 3. The number of amides is 2. The molecule has 1 aliphatic rings. The first-order chi connectivity index (χ1) is 14.6. The molecule has 0 radical (unpaired) electrons. The van der Waals surface area contributed by atoms with Crippen LogP contribution in [0.1, 0.15) is 12.0 Å². The van der Waals surface area contributed by atoms with Crippen LogP contribution in [0, 0.1) is 5.92 Å². The Kier molecular flexibility index (Phi) is 6.00. The van der Waals surface area contributed by atoms with Crippen LogP contribution in [0.2, 0.25) is 5.02 Å². The van der Waals surface area contributed by atoms with Crippen LogP contribution in [0.3, 0.4) is 0 Å². The lowest BCUT2D eigenvalue weighted by Crippen LogP contribution is -2.28. The minimum Gasteiger partial charge on any atom is -0.454 e. The number of rotatable bonds is 6. The molecule has 0 spiro atoms. The number of ether oxygens (including phenoxy) is 1. The highest BCUT2D eigenvalue weighted by Crippen LogP contribution is 2.34. The molecule has 0 aliphatic carbocycles. The summed E-state index contributed by atoms with van der Waals surface area (Å²) in [5.41, 5.74) is 1.58. The Hall–Kier alpha value is -3.31. The highest BCUT2D eigenvalue weighted by atomic mass is 35.5. The molecule has 30 heavy (non-hydrogen) atoms. The smallest absolute Gasteiger partial charge is 0.229 e. The molecule has 0 saturated carbocycles. The lowest BCUT2D eigenvalue weighted by Gasteiger charge is -2.17. The quantitative estimate of drug-likeness (QED) is 0.602. The van der Waals surface area contributed by atoms with E-state index in [4.69, 9.17) is 16.3 Å². The van der Waals surface area contributed by atoms with E-state index in [9.17, 15) is 9.59 Å². The van der Waals surface area contributed by atoms with Gasteiger partial charge in [-0.3, -0.25) is 9.59 Å². The van der Waals surface area contributed by atoms with E-state index in [0.29, 0.717) is 35.3 Å². The third kappa shape index (κ3) is 4.63. The van der Waals surface area contributed by atoms with Gasteiger partial charge in [-0.05, 0) is 29.8 Å². The Bertz CT molecular complexity index is 1060. The van der Waals surface area contributed by atoms with Crippen molar-refractivity contribution in [3.05, 3.63) is 89.4 Å². The predicted octanol–water partition coefficient (Wildman–Crippen LogP) is 5.12. The fraction of sp³-hybridized carbons (Fsp3) is 0.167. The molecule has 3 aromatic rings. The Morgan fingerprint density at radius 1 is 0.967 bits per heavy atom. The lowest BCUT2D eigenvalue weighted by atomic mass is 10.1. The zero-order chi connectivity index (χ0) is 20.9. The molecule has 5 nitrogen and oxygen atoms in total. The SMILES string of the molecule is O=C(Nc1ccccc1Oc1ccccc1Cl)C1CC(=O)N(Cc2ccccc2)C1. The topological polar surface area (TPSA) is 58.6 Å². The second-order valence-electron chi connectivity index (χ2n) is 7.18. The average molecular weight is 421 g/mol. The Morgan fingerprint density at radius 3 is 2.40 bits per heavy atom. The van der Waals surface area contributed by atoms with E-state index in [-0.39, 0.29) is 18.2 Å². The van der Waals surface area contributed by atoms with Crippen molar-refractivity contribution < 1.29 is 14.3 Å². The molecule has 0 aromatic heterocycles. The molecule has 1 fully saturated rings. The minimum atomic E-state index is -0.408. The monoisotopic (exact) mass is 420 g/mol. The first kappa shape index (κ1) is 20.0. The molecule has 1 unspecified atom stereocenters. The highest BCUT2D eigenvalue weighted by Gasteiger charge is 2.34. The summed E-state index contributed by atoms with van der Waals surface area (Å²) in [6.07, 6.45) is 0.201. The van der Waals surface area contributed by atoms with Crippen molar-refractivity contribution in [2.45, 2.75) is 13.0 Å². The van der Waals surface area contributed by atoms with Crippen molar-refractivity contribution in [3.63, 3.8) is 0 Å². The molecule has 6 heteroatoms. The molecular formula is C24H21ClN2O3. The molecule has 1 N–H and O–H groups in total. The third-order valence-corrected chi connectivity index (χ3v) is 5.32. The van der Waals surface area contributed by atoms with Crippen LogP contribution in [0.5, 0.6) is 11.5 Å². The van der Waals surface area contributed by atoms with Crippen molar-refractivity contribution >= 4 is 29.1 Å². The molecule has 1 heterocycles. The standard InChI is InChI=1S/C24H21ClN2O3/c25-19-10-4-6-12-21(19)30-22-13-7-5-11-20(22)26-24(29)18-14-23(28)27(16-18)15-17-8-2-1-3-9-17/h1-13,18H,14-16H2,(H,26,29). The number of likely N-dealkylation sites (tertiary alicyclic amines) is 1. The number of benzene rings is 3. The Morgan fingerprint density at radius 2 is 1.63 bits per heavy atom. The summed E-state index contributed by atoms with van der Waals surface area (Å²) < 4.78 is 5.90. The van der Waals surface area contributed by atoms with Crippen molar-refractivity contribution in [1.29, 1.82) is 0 Å². The van der Waals surface area contributed by atoms with Gasteiger partial charge in [-0.15, -0.1) is 0 Å². The van der Waals surface area contributed by atoms with Crippen LogP contribution in [0.4, 0.5) is 5.69 Å². The van der Waals surface area contributed by atoms with Crippen molar-refractivity contribution in [1.82, 2.24) is 4.90 Å². The summed E-state index contributed by atoms with van der Waals surface area (Å²) in [4.78, 5) is 27.0. The Balaban J connectivity index is 1.43. The second-order valence-corrected chi connectivity index (χ2v) is 7.59. The third-order valence-electron chi connectivity index (χ3n) is 5.00. The van der Waals surface area contributed by atoms with Gasteiger partial charge in [0.15, 0.2) is 5.75 Å². The van der Waals surface area contributed by atoms with Crippen LogP contribution in [0.25, 0.3) is 0 Å². The van der Waals surface area contributed by atoms with Gasteiger partial charge in [0.2, 0.25) is 11.8 Å². The van der Waals surface area contributed by atoms with E-state index < -0.39 is 5.92 Å². The molecule has 1 saturated heterocycles. The number of carbonyl (C=O) groups excluding carboxylic acids is 2. The maximum absolute atomic E-state index is 12.9. The second kappa shape index (κ2) is 9.01. The van der Waals surface area contributed by atoms with E-state index in [2.05, 4.69) is 5.32 Å². The number of halogens is 1. The first-order valence-corrected chi connectivity index (χ1v) is 10.1. The molecule has 152 valence electrons. The summed E-state index contributed by atoms with van der Waals surface area (Å²) in [5, 5.41) is 3.39. The van der Waals surface area contributed by atoms with Crippen molar-refractivity contribution in [3.8, 4) is 11.5 Å². The van der Waals surface area contributed by atoms with E-state index in [1.165, 1.54) is 0 Å². The molecule has 2 amide bonds. The molecule has 1 atom stereocenters. The maximum Gasteiger partial charge on any atom is 0.229 e. The van der Waals surface area contributed by atoms with Gasteiger partial charge in [0.05, 0.1) is 16.6 Å². The molecule has 4 rings (SSSR count). The number of anilines is 1. The fourth-order valence-electron chi connectivity index (χ4n) is 3.44. The summed E-state index contributed by atoms with van der Waals surface area (Å²) in [6.45, 7) is 0.906. The maximum atomic E-state index is 12.9. The van der Waals surface area contributed by atoms with Gasteiger partial charge in [0, 0.05) is 19.5 Å². The summed E-state index contributed by atoms with van der Waals surface area (Å²) in [6, 6.07) is 24.1. The summed E-state index contributed by atoms with van der Waals surface area (Å²) >= 11 is 6.18. The summed E-state index contributed by atoms with van der Waals surface area (Å²) in [5.74, 6) is 0.374. The number of nitrogens with zero attached hydrogens (tertiary/aromatic N) is 1. The normalized spacial score (nSPS) is 15.8. The zero-order valence-electron chi connectivity index (χ0n) is 16.3. The van der Waals surface area contributed by atoms with Gasteiger partial charge in [-0.2, -0.15) is 0 Å². The van der Waals surface area contributed by atoms with Gasteiger partial charge in [0.1, 0.15) is 5.75 Å². The van der Waals surface area contributed by atoms with Gasteiger partial charge in [-0.1, -0.05) is 66.2 Å². The lowest BCUT2D eigenvalue weighted by molar-refractivity contribution is -0.128. The number of carbonyl (C=O) groups is 2. The molecule has 3 aromatic carbocycles. The average Bonchev–Trinajstić information content (AvgIpc) is 3.12. The number of hydrogen-bond acceptors (Lipinski definition) is 3. The Labute approximate surface area is 180 Å². The fourth-order valence-corrected chi connectivity index (χ4v) is 3.62. The molecule has 1 aliphatic heterocycles. The van der Waals surface area contributed by atoms with Gasteiger partial charge >= 0.3 is 0 Å². The van der Waals surface area contributed by atoms with Gasteiger partial charge < -0.3 is 15.0 Å². The predicted molar refractivity (Wildman–Crippen MR) is 117 cm³/mol. The van der Waals surface area contributed by atoms with Crippen molar-refractivity contribution in [2.24, 2.45) is 5.92 Å². The zero-order valence-corrected chi connectivity index (χ0v) is 17.0. The molecular weight excluding hydrogens is 400 g/mol. The van der Waals surface area contributed by atoms with E-state index in [1.54, 1.807) is 29.2 Å². The number of nitrogens with one attached hydrogen (secondary N) is 1. The molecule has 0 bridgehead atoms. The van der Waals surface area contributed by atoms with E-state index >= 15 is 0 Å². The number of hydrogen-bond donors (Lipinski definition) is 1. The van der Waals surface area contributed by atoms with Gasteiger partial charge in [0.25, 0.3) is 0 Å². The highest BCUT2D eigenvalue weighted by molar-refractivity contribution is 6.32. The van der Waals surface area contributed by atoms with Gasteiger partial charge in [-0.25, -0.2) is 0 Å². The van der Waals surface area contributed by atoms with Crippen LogP contribution in [0.15, 0.2) is 78.9 Å². The minimum absolute atomic E-state index is 0.0143. The van der Waals surface area contributed by atoms with Crippen LogP contribution < -0.4 is 10.1 Å². The van der Waals surface area contributed by atoms with Crippen LogP contribution >= 0.6 is 11.6 Å². The van der Waals surface area contributed by atoms with Crippen LogP contribution in [-0.4, -0.2) is 23.3 Å². The van der Waals surface area contributed by atoms with Crippen molar-refractivity contribution in [2.75, 3.05) is 11.9 Å². The largest absolute Gasteiger partial charge is 0.454 e. The summed E-state index contributed by atoms with van der Waals surface area (Å²) in [7, 11) is 0. The van der Waals surface area contributed by atoms with Crippen LogP contribution in [-0.2, 0) is 16.1 Å². The van der Waals surface area contributed by atoms with E-state index in [0.717, 1.165) is 5.56 Å².